The maximum Gasteiger partial charge on any atom is 0.350 e. The van der Waals surface area contributed by atoms with Crippen molar-refractivity contribution in [2.24, 2.45) is 0 Å². The van der Waals surface area contributed by atoms with Gasteiger partial charge in [-0.25, -0.2) is 9.18 Å². The fraction of sp³-hybridized carbons (Fsp3) is 0.333. The van der Waals surface area contributed by atoms with E-state index in [9.17, 15) is 14.3 Å². The number of hydrogen-bond acceptors (Lipinski definition) is 6. The first-order valence-electron chi connectivity index (χ1n) is 10.9. The normalized spacial score (nSPS) is 19.6. The highest BCUT2D eigenvalue weighted by Gasteiger charge is 2.31. The van der Waals surface area contributed by atoms with Gasteiger partial charge in [-0.05, 0) is 36.8 Å². The standard InChI is InChI=1S/C24H24ClFN4O2S/c1-3-19(31)28-8-9-29(14(2)13-28)23-17-12-18(25)20(15-4-6-16(26)7-5-15)22-21(17)30(10-11-33-22)24(32)27-23/h3-7,12,14,19,31H,1,8-11,13H2,2H3/t14-,19?/m0/s1. The molecule has 0 bridgehead atoms. The molecule has 33 heavy (non-hydrogen) atoms. The van der Waals surface area contributed by atoms with Gasteiger partial charge in [0.25, 0.3) is 0 Å². The molecule has 0 radical (unpaired) electrons. The molecule has 2 aliphatic rings. The Kier molecular flexibility index (Phi) is 5.95. The number of piperazine rings is 1. The monoisotopic (exact) mass is 486 g/mol. The van der Waals surface area contributed by atoms with Gasteiger partial charge >= 0.3 is 5.69 Å². The van der Waals surface area contributed by atoms with Crippen LogP contribution >= 0.6 is 23.4 Å². The van der Waals surface area contributed by atoms with E-state index in [0.29, 0.717) is 37.0 Å². The van der Waals surface area contributed by atoms with Crippen LogP contribution in [-0.4, -0.2) is 57.2 Å². The van der Waals surface area contributed by atoms with Crippen molar-refractivity contribution in [1.29, 1.82) is 0 Å². The molecule has 2 aromatic carbocycles. The Bertz CT molecular complexity index is 1300. The molecule has 5 rings (SSSR count). The van der Waals surface area contributed by atoms with Crippen LogP contribution in [0.25, 0.3) is 22.0 Å². The molecular formula is C24H24ClFN4O2S. The molecule has 0 spiro atoms. The summed E-state index contributed by atoms with van der Waals surface area (Å²) in [5, 5.41) is 11.5. The summed E-state index contributed by atoms with van der Waals surface area (Å²) in [6.45, 7) is 8.14. The molecule has 0 aliphatic carbocycles. The summed E-state index contributed by atoms with van der Waals surface area (Å²) in [4.78, 5) is 22.5. The summed E-state index contributed by atoms with van der Waals surface area (Å²) in [6.07, 6.45) is 0.817. The van der Waals surface area contributed by atoms with Crippen LogP contribution < -0.4 is 10.6 Å². The number of aryl methyl sites for hydroxylation is 1. The SMILES string of the molecule is C=CC(O)N1CCN(c2nc(=O)n3c4c(c(-c5ccc(F)cc5)c(Cl)cc24)SCC3)[C@@H](C)C1. The van der Waals surface area contributed by atoms with Gasteiger partial charge in [0, 0.05) is 53.8 Å². The third kappa shape index (κ3) is 3.85. The molecule has 1 saturated heterocycles. The zero-order valence-electron chi connectivity index (χ0n) is 18.2. The highest BCUT2D eigenvalue weighted by molar-refractivity contribution is 7.99. The lowest BCUT2D eigenvalue weighted by molar-refractivity contribution is 0.0296. The molecule has 2 aliphatic heterocycles. The number of aliphatic hydroxyl groups is 1. The van der Waals surface area contributed by atoms with Crippen LogP contribution in [0.1, 0.15) is 6.92 Å². The smallest absolute Gasteiger partial charge is 0.350 e. The molecule has 2 atom stereocenters. The van der Waals surface area contributed by atoms with E-state index < -0.39 is 6.23 Å². The summed E-state index contributed by atoms with van der Waals surface area (Å²) in [5.41, 5.74) is 2.16. The number of rotatable bonds is 4. The minimum Gasteiger partial charge on any atom is -0.375 e. The molecule has 0 amide bonds. The zero-order chi connectivity index (χ0) is 23.3. The van der Waals surface area contributed by atoms with E-state index >= 15 is 0 Å². The van der Waals surface area contributed by atoms with Gasteiger partial charge < -0.3 is 10.0 Å². The minimum atomic E-state index is -0.700. The van der Waals surface area contributed by atoms with Gasteiger partial charge in [-0.15, -0.1) is 11.8 Å². The van der Waals surface area contributed by atoms with Crippen molar-refractivity contribution in [3.63, 3.8) is 0 Å². The van der Waals surface area contributed by atoms with Gasteiger partial charge in [0.05, 0.1) is 10.5 Å². The van der Waals surface area contributed by atoms with Gasteiger partial charge in [-0.3, -0.25) is 9.47 Å². The van der Waals surface area contributed by atoms with Crippen molar-refractivity contribution in [3.05, 3.63) is 64.3 Å². The van der Waals surface area contributed by atoms with E-state index in [1.54, 1.807) is 28.5 Å². The Labute approximate surface area is 200 Å². The largest absolute Gasteiger partial charge is 0.375 e. The summed E-state index contributed by atoms with van der Waals surface area (Å²) >= 11 is 8.47. The fourth-order valence-electron chi connectivity index (χ4n) is 4.74. The maximum absolute atomic E-state index is 13.5. The predicted molar refractivity (Wildman–Crippen MR) is 132 cm³/mol. The lowest BCUT2D eigenvalue weighted by Gasteiger charge is -2.42. The number of thioether (sulfide) groups is 1. The first-order valence-corrected chi connectivity index (χ1v) is 12.2. The van der Waals surface area contributed by atoms with E-state index in [1.807, 2.05) is 11.0 Å². The molecule has 6 nitrogen and oxygen atoms in total. The molecule has 0 saturated carbocycles. The average Bonchev–Trinajstić information content (AvgIpc) is 2.81. The molecule has 172 valence electrons. The lowest BCUT2D eigenvalue weighted by atomic mass is 10.0. The predicted octanol–water partition coefficient (Wildman–Crippen LogP) is 3.98. The Morgan fingerprint density at radius 2 is 2.06 bits per heavy atom. The first-order chi connectivity index (χ1) is 15.9. The van der Waals surface area contributed by atoms with Crippen molar-refractivity contribution >= 4 is 40.1 Å². The highest BCUT2D eigenvalue weighted by atomic mass is 35.5. The Hall–Kier alpha value is -2.39. The van der Waals surface area contributed by atoms with Gasteiger partial charge in [0.15, 0.2) is 0 Å². The molecule has 1 N–H and O–H groups in total. The molecule has 1 aromatic heterocycles. The van der Waals surface area contributed by atoms with Crippen LogP contribution in [0.5, 0.6) is 0 Å². The zero-order valence-corrected chi connectivity index (χ0v) is 19.7. The number of aliphatic hydroxyl groups excluding tert-OH is 1. The van der Waals surface area contributed by atoms with Crippen molar-refractivity contribution in [3.8, 4) is 11.1 Å². The van der Waals surface area contributed by atoms with Crippen molar-refractivity contribution in [1.82, 2.24) is 14.5 Å². The number of nitrogens with zero attached hydrogens (tertiary/aromatic N) is 4. The van der Waals surface area contributed by atoms with Gasteiger partial charge in [-0.2, -0.15) is 4.98 Å². The Balaban J connectivity index is 1.68. The second-order valence-electron chi connectivity index (χ2n) is 8.37. The average molecular weight is 487 g/mol. The molecular weight excluding hydrogens is 463 g/mol. The molecule has 1 fully saturated rings. The highest BCUT2D eigenvalue weighted by Crippen LogP contribution is 2.45. The quantitative estimate of drug-likeness (QED) is 0.563. The van der Waals surface area contributed by atoms with Gasteiger partial charge in [0.2, 0.25) is 0 Å². The first kappa shape index (κ1) is 22.4. The second-order valence-corrected chi connectivity index (χ2v) is 9.88. The number of hydrogen-bond donors (Lipinski definition) is 1. The summed E-state index contributed by atoms with van der Waals surface area (Å²) in [5.74, 6) is 1.03. The number of halogens is 2. The third-order valence-corrected chi connectivity index (χ3v) is 7.73. The van der Waals surface area contributed by atoms with E-state index in [0.717, 1.165) is 32.7 Å². The second kappa shape index (κ2) is 8.76. The Morgan fingerprint density at radius 1 is 1.30 bits per heavy atom. The van der Waals surface area contributed by atoms with Crippen LogP contribution in [0.15, 0.2) is 52.7 Å². The van der Waals surface area contributed by atoms with Crippen molar-refractivity contribution in [2.45, 2.75) is 30.6 Å². The topological polar surface area (TPSA) is 61.6 Å². The summed E-state index contributed by atoms with van der Waals surface area (Å²) in [7, 11) is 0. The third-order valence-electron chi connectivity index (χ3n) is 6.36. The maximum atomic E-state index is 13.5. The summed E-state index contributed by atoms with van der Waals surface area (Å²) in [6, 6.07) is 8.16. The van der Waals surface area contributed by atoms with E-state index in [4.69, 9.17) is 11.6 Å². The van der Waals surface area contributed by atoms with E-state index in [2.05, 4.69) is 23.4 Å². The van der Waals surface area contributed by atoms with Crippen LogP contribution in [0.3, 0.4) is 0 Å². The Morgan fingerprint density at radius 3 is 2.76 bits per heavy atom. The van der Waals surface area contributed by atoms with Crippen LogP contribution in [0.2, 0.25) is 5.02 Å². The number of aromatic nitrogens is 2. The number of benzene rings is 2. The molecule has 1 unspecified atom stereocenters. The molecule has 3 heterocycles. The summed E-state index contributed by atoms with van der Waals surface area (Å²) < 4.78 is 15.3. The molecule has 3 aromatic rings. The van der Waals surface area contributed by atoms with E-state index in [-0.39, 0.29) is 17.5 Å². The number of anilines is 1. The van der Waals surface area contributed by atoms with Crippen molar-refractivity contribution < 1.29 is 9.50 Å². The van der Waals surface area contributed by atoms with Crippen molar-refractivity contribution in [2.75, 3.05) is 30.3 Å². The molecule has 9 heteroatoms. The van der Waals surface area contributed by atoms with Gasteiger partial charge in [-0.1, -0.05) is 30.3 Å². The van der Waals surface area contributed by atoms with Crippen LogP contribution in [-0.2, 0) is 6.54 Å². The van der Waals surface area contributed by atoms with E-state index in [1.165, 1.54) is 18.2 Å². The van der Waals surface area contributed by atoms with Crippen LogP contribution in [0.4, 0.5) is 10.2 Å². The lowest BCUT2D eigenvalue weighted by Crippen LogP contribution is -2.55. The fourth-order valence-corrected chi connectivity index (χ4v) is 6.32. The van der Waals surface area contributed by atoms with Crippen LogP contribution in [0, 0.1) is 5.82 Å². The van der Waals surface area contributed by atoms with Gasteiger partial charge in [0.1, 0.15) is 17.9 Å². The minimum absolute atomic E-state index is 0.0221.